The van der Waals surface area contributed by atoms with E-state index in [4.69, 9.17) is 10.8 Å². The fourth-order valence-corrected chi connectivity index (χ4v) is 1.13. The molecule has 1 aromatic rings. The highest BCUT2D eigenvalue weighted by atomic mass is 19.3. The number of nitrogens with zero attached hydrogens (tertiary/aromatic N) is 2. The summed E-state index contributed by atoms with van der Waals surface area (Å²) in [6.07, 6.45) is -4.54. The van der Waals surface area contributed by atoms with E-state index in [1.807, 2.05) is 6.92 Å². The molecule has 1 unspecified atom stereocenters. The summed E-state index contributed by atoms with van der Waals surface area (Å²) in [6.45, 7) is 2.22. The number of aliphatic hydroxyl groups excluding tert-OH is 1. The number of hydrogen-bond acceptors (Lipinski definition) is 6. The summed E-state index contributed by atoms with van der Waals surface area (Å²) in [6, 6.07) is 1.53. The van der Waals surface area contributed by atoms with Crippen LogP contribution in [0.5, 0.6) is 0 Å². The number of hydrogen-bond donors (Lipinski definition) is 4. The molecular formula is C9H15F2N5O. The maximum absolute atomic E-state index is 12.1. The Morgan fingerprint density at radius 2 is 1.94 bits per heavy atom. The second-order valence-electron chi connectivity index (χ2n) is 3.31. The molecule has 1 aromatic heterocycles. The van der Waals surface area contributed by atoms with Crippen LogP contribution >= 0.6 is 0 Å². The van der Waals surface area contributed by atoms with Crippen LogP contribution < -0.4 is 16.4 Å². The number of aromatic nitrogens is 2. The molecular weight excluding hydrogens is 232 g/mol. The van der Waals surface area contributed by atoms with Crippen molar-refractivity contribution in [2.24, 2.45) is 0 Å². The molecule has 0 bridgehead atoms. The minimum atomic E-state index is -2.80. The predicted octanol–water partition coefficient (Wildman–Crippen LogP) is 0.528. The van der Waals surface area contributed by atoms with Crippen molar-refractivity contribution in [1.29, 1.82) is 0 Å². The van der Waals surface area contributed by atoms with Crippen molar-refractivity contribution < 1.29 is 13.9 Å². The third kappa shape index (κ3) is 4.35. The number of anilines is 3. The lowest BCUT2D eigenvalue weighted by Gasteiger charge is -2.12. The van der Waals surface area contributed by atoms with Gasteiger partial charge in [0.05, 0.1) is 0 Å². The van der Waals surface area contributed by atoms with Gasteiger partial charge >= 0.3 is 0 Å². The standard InChI is InChI=1S/C9H15F2N5O/c1-2-13-6-3-7(16-9(12)15-6)14-4-5(17)8(10)11/h3,5,8,17H,2,4H2,1H3,(H4,12,13,14,15,16). The molecule has 0 aliphatic heterocycles. The van der Waals surface area contributed by atoms with Gasteiger partial charge in [0.15, 0.2) is 0 Å². The molecule has 8 heteroatoms. The van der Waals surface area contributed by atoms with Crippen molar-refractivity contribution in [3.63, 3.8) is 0 Å². The third-order valence-corrected chi connectivity index (χ3v) is 1.88. The van der Waals surface area contributed by atoms with E-state index in [1.54, 1.807) is 0 Å². The van der Waals surface area contributed by atoms with Crippen LogP contribution in [-0.4, -0.2) is 40.7 Å². The molecule has 0 aliphatic rings. The van der Waals surface area contributed by atoms with Gasteiger partial charge in [-0.2, -0.15) is 9.97 Å². The minimum Gasteiger partial charge on any atom is -0.385 e. The van der Waals surface area contributed by atoms with Crippen LogP contribution in [0.15, 0.2) is 6.07 Å². The summed E-state index contributed by atoms with van der Waals surface area (Å²) >= 11 is 0. The molecule has 6 nitrogen and oxygen atoms in total. The van der Waals surface area contributed by atoms with Gasteiger partial charge in [-0.1, -0.05) is 0 Å². The van der Waals surface area contributed by atoms with Gasteiger partial charge < -0.3 is 21.5 Å². The number of rotatable bonds is 6. The molecule has 0 aromatic carbocycles. The number of nitrogens with one attached hydrogen (secondary N) is 2. The van der Waals surface area contributed by atoms with Gasteiger partial charge in [0.25, 0.3) is 6.43 Å². The van der Waals surface area contributed by atoms with Gasteiger partial charge in [0.2, 0.25) is 5.95 Å². The smallest absolute Gasteiger partial charge is 0.265 e. The van der Waals surface area contributed by atoms with Crippen molar-refractivity contribution in [2.45, 2.75) is 19.5 Å². The molecule has 0 saturated heterocycles. The summed E-state index contributed by atoms with van der Waals surface area (Å²) in [5.41, 5.74) is 5.44. The zero-order valence-corrected chi connectivity index (χ0v) is 9.32. The van der Waals surface area contributed by atoms with E-state index in [9.17, 15) is 8.78 Å². The van der Waals surface area contributed by atoms with Crippen molar-refractivity contribution in [3.05, 3.63) is 6.07 Å². The highest BCUT2D eigenvalue weighted by Gasteiger charge is 2.16. The number of alkyl halides is 2. The van der Waals surface area contributed by atoms with Crippen LogP contribution in [0, 0.1) is 0 Å². The van der Waals surface area contributed by atoms with Crippen molar-refractivity contribution in [2.75, 3.05) is 29.5 Å². The second-order valence-corrected chi connectivity index (χ2v) is 3.31. The molecule has 0 radical (unpaired) electrons. The Morgan fingerprint density at radius 1 is 1.35 bits per heavy atom. The van der Waals surface area contributed by atoms with E-state index in [-0.39, 0.29) is 18.3 Å². The Hall–Kier alpha value is -1.70. The average molecular weight is 247 g/mol. The highest BCUT2D eigenvalue weighted by molar-refractivity contribution is 5.50. The van der Waals surface area contributed by atoms with Crippen molar-refractivity contribution >= 4 is 17.6 Å². The summed E-state index contributed by atoms with van der Waals surface area (Å²) in [4.78, 5) is 7.70. The summed E-state index contributed by atoms with van der Waals surface area (Å²) in [7, 11) is 0. The first kappa shape index (κ1) is 13.4. The van der Waals surface area contributed by atoms with E-state index in [1.165, 1.54) is 6.07 Å². The Labute approximate surface area is 97.3 Å². The van der Waals surface area contributed by atoms with Gasteiger partial charge in [0, 0.05) is 19.2 Å². The molecule has 0 spiro atoms. The lowest BCUT2D eigenvalue weighted by Crippen LogP contribution is -2.27. The van der Waals surface area contributed by atoms with E-state index in [0.29, 0.717) is 12.4 Å². The van der Waals surface area contributed by atoms with Gasteiger partial charge in [-0.15, -0.1) is 0 Å². The summed E-state index contributed by atoms with van der Waals surface area (Å²) < 4.78 is 24.1. The monoisotopic (exact) mass is 247 g/mol. The molecule has 1 rings (SSSR count). The van der Waals surface area contributed by atoms with E-state index in [2.05, 4.69) is 20.6 Å². The van der Waals surface area contributed by atoms with Crippen LogP contribution in [-0.2, 0) is 0 Å². The number of nitrogen functional groups attached to an aromatic ring is 1. The molecule has 0 amide bonds. The highest BCUT2D eigenvalue weighted by Crippen LogP contribution is 2.12. The first-order valence-electron chi connectivity index (χ1n) is 5.11. The van der Waals surface area contributed by atoms with Gasteiger partial charge in [0.1, 0.15) is 17.7 Å². The van der Waals surface area contributed by atoms with Crippen molar-refractivity contribution in [1.82, 2.24) is 9.97 Å². The van der Waals surface area contributed by atoms with E-state index >= 15 is 0 Å². The topological polar surface area (TPSA) is 96.1 Å². The quantitative estimate of drug-likeness (QED) is 0.585. The molecule has 0 saturated carbocycles. The second kappa shape index (κ2) is 6.14. The lowest BCUT2D eigenvalue weighted by atomic mass is 10.3. The van der Waals surface area contributed by atoms with Crippen LogP contribution in [0.25, 0.3) is 0 Å². The van der Waals surface area contributed by atoms with Gasteiger partial charge in [-0.3, -0.25) is 0 Å². The first-order chi connectivity index (χ1) is 8.02. The van der Waals surface area contributed by atoms with Crippen LogP contribution in [0.4, 0.5) is 26.4 Å². The zero-order chi connectivity index (χ0) is 12.8. The van der Waals surface area contributed by atoms with Crippen LogP contribution in [0.3, 0.4) is 0 Å². The fourth-order valence-electron chi connectivity index (χ4n) is 1.13. The largest absolute Gasteiger partial charge is 0.385 e. The van der Waals surface area contributed by atoms with Crippen LogP contribution in [0.2, 0.25) is 0 Å². The first-order valence-corrected chi connectivity index (χ1v) is 5.11. The van der Waals surface area contributed by atoms with Crippen molar-refractivity contribution in [3.8, 4) is 0 Å². The Kier molecular flexibility index (Phi) is 4.83. The molecule has 17 heavy (non-hydrogen) atoms. The molecule has 1 heterocycles. The van der Waals surface area contributed by atoms with E-state index in [0.717, 1.165) is 0 Å². The fraction of sp³-hybridized carbons (Fsp3) is 0.556. The maximum atomic E-state index is 12.1. The lowest BCUT2D eigenvalue weighted by molar-refractivity contribution is 0.00381. The molecule has 0 fully saturated rings. The molecule has 1 atom stereocenters. The molecule has 0 aliphatic carbocycles. The van der Waals surface area contributed by atoms with Gasteiger partial charge in [-0.25, -0.2) is 8.78 Å². The maximum Gasteiger partial charge on any atom is 0.265 e. The Morgan fingerprint density at radius 3 is 2.47 bits per heavy atom. The number of aliphatic hydroxyl groups is 1. The average Bonchev–Trinajstić information content (AvgIpc) is 2.25. The molecule has 96 valence electrons. The number of nitrogens with two attached hydrogens (primary N) is 1. The summed E-state index contributed by atoms with van der Waals surface area (Å²) in [5.74, 6) is 0.805. The number of halogens is 2. The third-order valence-electron chi connectivity index (χ3n) is 1.88. The Bertz CT molecular complexity index is 363. The molecule has 5 N–H and O–H groups in total. The summed E-state index contributed by atoms with van der Waals surface area (Å²) in [5, 5.41) is 14.4. The predicted molar refractivity (Wildman–Crippen MR) is 61.1 cm³/mol. The minimum absolute atomic E-state index is 0.0255. The Balaban J connectivity index is 2.64. The zero-order valence-electron chi connectivity index (χ0n) is 9.32. The van der Waals surface area contributed by atoms with Crippen LogP contribution in [0.1, 0.15) is 6.92 Å². The SMILES string of the molecule is CCNc1cc(NCC(O)C(F)F)nc(N)n1. The van der Waals surface area contributed by atoms with E-state index < -0.39 is 12.5 Å². The normalized spacial score (nSPS) is 12.5. The van der Waals surface area contributed by atoms with Gasteiger partial charge in [-0.05, 0) is 6.92 Å².